The second kappa shape index (κ2) is 4.90. The van der Waals surface area contributed by atoms with Gasteiger partial charge in [-0.2, -0.15) is 0 Å². The van der Waals surface area contributed by atoms with Crippen LogP contribution in [0.25, 0.3) is 6.08 Å². The molecule has 0 aliphatic carbocycles. The molecule has 1 rings (SSSR count). The Morgan fingerprint density at radius 2 is 2.20 bits per heavy atom. The van der Waals surface area contributed by atoms with Crippen LogP contribution in [0.4, 0.5) is 0 Å². The molecule has 0 bridgehead atoms. The maximum atomic E-state index is 4.62. The van der Waals surface area contributed by atoms with Crippen LogP contribution in [-0.4, -0.2) is 18.6 Å². The first-order valence-electron chi connectivity index (χ1n) is 5.21. The Morgan fingerprint density at radius 3 is 2.67 bits per heavy atom. The van der Waals surface area contributed by atoms with Gasteiger partial charge in [0, 0.05) is 17.3 Å². The third kappa shape index (κ3) is 3.76. The Morgan fingerprint density at radius 1 is 1.53 bits per heavy atom. The second-order valence-corrected chi connectivity index (χ2v) is 5.71. The summed E-state index contributed by atoms with van der Waals surface area (Å²) in [6.45, 7) is 9.62. The Labute approximate surface area is 96.4 Å². The van der Waals surface area contributed by atoms with E-state index in [0.29, 0.717) is 0 Å². The van der Waals surface area contributed by atoms with Crippen LogP contribution in [0.15, 0.2) is 11.0 Å². The Bertz CT molecular complexity index is 345. The highest BCUT2D eigenvalue weighted by Crippen LogP contribution is 2.26. The van der Waals surface area contributed by atoms with E-state index in [4.69, 9.17) is 0 Å². The number of hydrogen-bond donors (Lipinski definition) is 1. The molecule has 2 nitrogen and oxygen atoms in total. The fourth-order valence-electron chi connectivity index (χ4n) is 1.28. The molecule has 0 aliphatic rings. The lowest BCUT2D eigenvalue weighted by molar-refractivity contribution is 0.585. The van der Waals surface area contributed by atoms with Gasteiger partial charge in [-0.25, -0.2) is 4.98 Å². The largest absolute Gasteiger partial charge is 0.316 e. The predicted molar refractivity (Wildman–Crippen MR) is 68.4 cm³/mol. The normalized spacial score (nSPS) is 13.3. The summed E-state index contributed by atoms with van der Waals surface area (Å²) in [5, 5.41) is 6.46. The van der Waals surface area contributed by atoms with Crippen molar-refractivity contribution >= 4 is 17.4 Å². The molecule has 0 amide bonds. The van der Waals surface area contributed by atoms with Gasteiger partial charge in [-0.15, -0.1) is 11.3 Å². The highest BCUT2D eigenvalue weighted by Gasteiger charge is 2.17. The lowest BCUT2D eigenvalue weighted by Crippen LogP contribution is -2.10. The molecule has 84 valence electrons. The van der Waals surface area contributed by atoms with Crippen molar-refractivity contribution in [2.75, 3.05) is 13.6 Å². The van der Waals surface area contributed by atoms with Gasteiger partial charge in [0.2, 0.25) is 0 Å². The molecule has 0 unspecified atom stereocenters. The van der Waals surface area contributed by atoms with Crippen molar-refractivity contribution in [1.29, 1.82) is 0 Å². The number of likely N-dealkylation sites (N-methyl/N-ethyl adjacent to an activating group) is 1. The van der Waals surface area contributed by atoms with Crippen LogP contribution in [0.3, 0.4) is 0 Å². The van der Waals surface area contributed by atoms with Gasteiger partial charge < -0.3 is 5.32 Å². The van der Waals surface area contributed by atoms with E-state index in [9.17, 15) is 0 Å². The third-order valence-corrected chi connectivity index (χ3v) is 3.30. The summed E-state index contributed by atoms with van der Waals surface area (Å²) in [5.74, 6) is 0. The van der Waals surface area contributed by atoms with Crippen LogP contribution in [0.5, 0.6) is 0 Å². The van der Waals surface area contributed by atoms with E-state index in [0.717, 1.165) is 12.2 Å². The van der Waals surface area contributed by atoms with Crippen molar-refractivity contribution in [3.8, 4) is 0 Å². The molecule has 15 heavy (non-hydrogen) atoms. The lowest BCUT2D eigenvalue weighted by Gasteiger charge is -2.13. The standard InChI is InChI=1S/C12H20N2S/c1-9(7-13-5)6-10-8-15-11(14-10)12(2,3)4/h6,8,13H,7H2,1-5H3. The fraction of sp³-hybridized carbons (Fsp3) is 0.583. The van der Waals surface area contributed by atoms with E-state index in [1.54, 1.807) is 11.3 Å². The molecule has 0 saturated heterocycles. The molecule has 1 aromatic heterocycles. The molecule has 1 N–H and O–H groups in total. The minimum atomic E-state index is 0.160. The first-order chi connectivity index (χ1) is 6.93. The van der Waals surface area contributed by atoms with Gasteiger partial charge >= 0.3 is 0 Å². The Kier molecular flexibility index (Phi) is 4.05. The van der Waals surface area contributed by atoms with Gasteiger partial charge in [-0.1, -0.05) is 26.3 Å². The quantitative estimate of drug-likeness (QED) is 0.853. The maximum absolute atomic E-state index is 4.62. The number of aromatic nitrogens is 1. The highest BCUT2D eigenvalue weighted by atomic mass is 32.1. The van der Waals surface area contributed by atoms with Gasteiger partial charge in [0.25, 0.3) is 0 Å². The number of thiazole rings is 1. The summed E-state index contributed by atoms with van der Waals surface area (Å²) in [5.41, 5.74) is 2.55. The number of hydrogen-bond acceptors (Lipinski definition) is 3. The molecule has 1 heterocycles. The topological polar surface area (TPSA) is 24.9 Å². The average Bonchev–Trinajstić information content (AvgIpc) is 2.52. The van der Waals surface area contributed by atoms with Crippen LogP contribution >= 0.6 is 11.3 Å². The zero-order valence-electron chi connectivity index (χ0n) is 10.2. The molecule has 0 aliphatic heterocycles. The Balaban J connectivity index is 2.81. The summed E-state index contributed by atoms with van der Waals surface area (Å²) in [7, 11) is 1.96. The minimum Gasteiger partial charge on any atom is -0.316 e. The summed E-state index contributed by atoms with van der Waals surface area (Å²) in [6, 6.07) is 0. The zero-order chi connectivity index (χ0) is 11.5. The summed E-state index contributed by atoms with van der Waals surface area (Å²) in [4.78, 5) is 4.62. The molecular formula is C12H20N2S. The Hall–Kier alpha value is -0.670. The van der Waals surface area contributed by atoms with E-state index >= 15 is 0 Å². The third-order valence-electron chi connectivity index (χ3n) is 2.01. The second-order valence-electron chi connectivity index (χ2n) is 4.85. The molecule has 1 aromatic rings. The molecule has 0 radical (unpaired) electrons. The molecule has 0 spiro atoms. The van der Waals surface area contributed by atoms with E-state index in [1.807, 2.05) is 7.05 Å². The SMILES string of the molecule is CNCC(C)=Cc1csc(C(C)(C)C)n1. The van der Waals surface area contributed by atoms with E-state index in [-0.39, 0.29) is 5.41 Å². The monoisotopic (exact) mass is 224 g/mol. The van der Waals surface area contributed by atoms with Crippen molar-refractivity contribution in [1.82, 2.24) is 10.3 Å². The van der Waals surface area contributed by atoms with Crippen molar-refractivity contribution < 1.29 is 0 Å². The molecule has 0 atom stereocenters. The predicted octanol–water partition coefficient (Wildman–Crippen LogP) is 3.06. The highest BCUT2D eigenvalue weighted by molar-refractivity contribution is 7.09. The van der Waals surface area contributed by atoms with Gasteiger partial charge in [0.1, 0.15) is 0 Å². The minimum absolute atomic E-state index is 0.160. The summed E-state index contributed by atoms with van der Waals surface area (Å²) in [6.07, 6.45) is 2.14. The molecular weight excluding hydrogens is 204 g/mol. The zero-order valence-corrected chi connectivity index (χ0v) is 11.0. The van der Waals surface area contributed by atoms with Gasteiger partial charge in [-0.05, 0) is 20.0 Å². The number of nitrogens with one attached hydrogen (secondary N) is 1. The lowest BCUT2D eigenvalue weighted by atomic mass is 9.98. The van der Waals surface area contributed by atoms with Crippen LogP contribution in [0.1, 0.15) is 38.4 Å². The van der Waals surface area contributed by atoms with Gasteiger partial charge in [-0.3, -0.25) is 0 Å². The van der Waals surface area contributed by atoms with Crippen LogP contribution in [0.2, 0.25) is 0 Å². The van der Waals surface area contributed by atoms with Gasteiger partial charge in [0.05, 0.1) is 10.7 Å². The van der Waals surface area contributed by atoms with Crippen LogP contribution < -0.4 is 5.32 Å². The number of rotatable bonds is 3. The van der Waals surface area contributed by atoms with E-state index < -0.39 is 0 Å². The fourth-order valence-corrected chi connectivity index (χ4v) is 2.14. The summed E-state index contributed by atoms with van der Waals surface area (Å²) >= 11 is 1.74. The number of nitrogens with zero attached hydrogens (tertiary/aromatic N) is 1. The van der Waals surface area contributed by atoms with Crippen LogP contribution in [0, 0.1) is 0 Å². The van der Waals surface area contributed by atoms with Crippen molar-refractivity contribution in [2.45, 2.75) is 33.1 Å². The maximum Gasteiger partial charge on any atom is 0.0985 e. The van der Waals surface area contributed by atoms with Crippen molar-refractivity contribution in [3.63, 3.8) is 0 Å². The van der Waals surface area contributed by atoms with E-state index in [2.05, 4.69) is 49.5 Å². The van der Waals surface area contributed by atoms with E-state index in [1.165, 1.54) is 10.6 Å². The van der Waals surface area contributed by atoms with Gasteiger partial charge in [0.15, 0.2) is 0 Å². The van der Waals surface area contributed by atoms with Crippen LogP contribution in [-0.2, 0) is 5.41 Å². The summed E-state index contributed by atoms with van der Waals surface area (Å²) < 4.78 is 0. The molecule has 0 fully saturated rings. The molecule has 0 saturated carbocycles. The van der Waals surface area contributed by atoms with Crippen molar-refractivity contribution in [2.24, 2.45) is 0 Å². The average molecular weight is 224 g/mol. The van der Waals surface area contributed by atoms with Crippen molar-refractivity contribution in [3.05, 3.63) is 21.7 Å². The molecule has 0 aromatic carbocycles. The smallest absolute Gasteiger partial charge is 0.0985 e. The first-order valence-corrected chi connectivity index (χ1v) is 6.09. The first kappa shape index (κ1) is 12.4. The molecule has 3 heteroatoms.